The van der Waals surface area contributed by atoms with Crippen LogP contribution in [0.4, 0.5) is 18.9 Å². The molecule has 0 aliphatic heterocycles. The van der Waals surface area contributed by atoms with Gasteiger partial charge in [-0.25, -0.2) is 18.1 Å². The Morgan fingerprint density at radius 2 is 1.84 bits per heavy atom. The summed E-state index contributed by atoms with van der Waals surface area (Å²) in [5.74, 6) is 0. The van der Waals surface area contributed by atoms with Crippen molar-refractivity contribution in [3.8, 4) is 11.3 Å². The van der Waals surface area contributed by atoms with Gasteiger partial charge in [-0.2, -0.15) is 13.2 Å². The van der Waals surface area contributed by atoms with Crippen LogP contribution < -0.4 is 10.0 Å². The predicted octanol–water partition coefficient (Wildman–Crippen LogP) is 4.42. The first-order valence-corrected chi connectivity index (χ1v) is 11.2. The maximum absolute atomic E-state index is 12.8. The molecule has 0 atom stereocenters. The second-order valence-corrected chi connectivity index (χ2v) is 9.29. The third-order valence-electron chi connectivity index (χ3n) is 5.18. The Labute approximate surface area is 178 Å². The number of sulfonamides is 1. The molecule has 0 spiro atoms. The molecular weight excluding hydrogens is 429 g/mol. The number of nitrogens with zero attached hydrogens (tertiary/aromatic N) is 2. The summed E-state index contributed by atoms with van der Waals surface area (Å²) in [5, 5.41) is 3.19. The predicted molar refractivity (Wildman–Crippen MR) is 111 cm³/mol. The minimum atomic E-state index is -4.38. The molecule has 2 N–H and O–H groups in total. The van der Waals surface area contributed by atoms with Crippen molar-refractivity contribution in [1.29, 1.82) is 0 Å². The molecule has 3 aromatic rings. The van der Waals surface area contributed by atoms with E-state index in [4.69, 9.17) is 0 Å². The summed E-state index contributed by atoms with van der Waals surface area (Å²) >= 11 is 0. The van der Waals surface area contributed by atoms with Crippen LogP contribution in [0.25, 0.3) is 11.3 Å². The van der Waals surface area contributed by atoms with Gasteiger partial charge in [0.2, 0.25) is 10.0 Å². The molecule has 4 rings (SSSR count). The van der Waals surface area contributed by atoms with Crippen molar-refractivity contribution >= 4 is 15.7 Å². The Hall–Kier alpha value is -2.85. The molecule has 1 aliphatic rings. The van der Waals surface area contributed by atoms with Gasteiger partial charge in [-0.3, -0.25) is 0 Å². The molecule has 10 heteroatoms. The second kappa shape index (κ2) is 8.01. The molecule has 31 heavy (non-hydrogen) atoms. The lowest BCUT2D eigenvalue weighted by Gasteiger charge is -2.14. The van der Waals surface area contributed by atoms with Crippen LogP contribution in [0.1, 0.15) is 30.0 Å². The first-order valence-electron chi connectivity index (χ1n) is 9.69. The van der Waals surface area contributed by atoms with E-state index in [0.717, 1.165) is 25.0 Å². The van der Waals surface area contributed by atoms with Crippen LogP contribution in [0.3, 0.4) is 0 Å². The van der Waals surface area contributed by atoms with Crippen LogP contribution in [-0.4, -0.2) is 25.0 Å². The van der Waals surface area contributed by atoms with Crippen molar-refractivity contribution in [2.75, 3.05) is 12.4 Å². The van der Waals surface area contributed by atoms with Crippen LogP contribution >= 0.6 is 0 Å². The molecule has 164 valence electrons. The average molecular weight is 450 g/mol. The highest BCUT2D eigenvalue weighted by atomic mass is 32.2. The lowest BCUT2D eigenvalue weighted by Crippen LogP contribution is -2.18. The van der Waals surface area contributed by atoms with Crippen molar-refractivity contribution in [1.82, 2.24) is 14.3 Å². The number of anilines is 1. The summed E-state index contributed by atoms with van der Waals surface area (Å²) in [6.07, 6.45) is 1.40. The topological polar surface area (TPSA) is 76.0 Å². The summed E-state index contributed by atoms with van der Waals surface area (Å²) in [6, 6.07) is 9.99. The van der Waals surface area contributed by atoms with Crippen molar-refractivity contribution < 1.29 is 21.6 Å². The highest BCUT2D eigenvalue weighted by molar-refractivity contribution is 7.89. The number of alkyl halides is 3. The fourth-order valence-corrected chi connectivity index (χ4v) is 3.99. The molecule has 1 saturated carbocycles. The fraction of sp³-hybridized carbons (Fsp3) is 0.286. The molecule has 0 bridgehead atoms. The number of halogens is 3. The molecule has 1 aliphatic carbocycles. The number of hydrogen-bond acceptors (Lipinski definition) is 4. The van der Waals surface area contributed by atoms with Gasteiger partial charge in [-0.05, 0) is 55.8 Å². The SMILES string of the molecule is CNS(=O)(=O)c1ccc(NCc2ccc(C(F)(F)F)cc2)c(-c2cn(C3CC3)cn2)c1. The monoisotopic (exact) mass is 450 g/mol. The van der Waals surface area contributed by atoms with Crippen molar-refractivity contribution in [2.45, 2.75) is 36.5 Å². The zero-order valence-electron chi connectivity index (χ0n) is 16.6. The molecule has 1 fully saturated rings. The van der Waals surface area contributed by atoms with Gasteiger partial charge in [0, 0.05) is 30.0 Å². The number of hydrogen-bond donors (Lipinski definition) is 2. The average Bonchev–Trinajstić information content (AvgIpc) is 3.48. The highest BCUT2D eigenvalue weighted by Gasteiger charge is 2.30. The number of nitrogens with one attached hydrogen (secondary N) is 2. The van der Waals surface area contributed by atoms with E-state index >= 15 is 0 Å². The van der Waals surface area contributed by atoms with Crippen LogP contribution in [0.2, 0.25) is 0 Å². The Morgan fingerprint density at radius 3 is 2.45 bits per heavy atom. The minimum Gasteiger partial charge on any atom is -0.380 e. The molecule has 1 heterocycles. The van der Waals surface area contributed by atoms with Crippen molar-refractivity contribution in [2.24, 2.45) is 0 Å². The standard InChI is InChI=1S/C21H21F3N4O2S/c1-25-31(29,30)17-8-9-19(18(10-17)20-12-28(13-27-20)16-6-7-16)26-11-14-2-4-15(5-3-14)21(22,23)24/h2-5,8-10,12-13,16,25-26H,6-7,11H2,1H3. The van der Waals surface area contributed by atoms with Gasteiger partial charge in [0.25, 0.3) is 0 Å². The van der Waals surface area contributed by atoms with Crippen LogP contribution in [0.15, 0.2) is 59.9 Å². The summed E-state index contributed by atoms with van der Waals surface area (Å²) in [7, 11) is -2.31. The van der Waals surface area contributed by atoms with Gasteiger partial charge in [-0.15, -0.1) is 0 Å². The van der Waals surface area contributed by atoms with E-state index in [1.54, 1.807) is 18.5 Å². The number of aromatic nitrogens is 2. The van der Waals surface area contributed by atoms with Crippen molar-refractivity contribution in [3.63, 3.8) is 0 Å². The van der Waals surface area contributed by atoms with Crippen LogP contribution in [0, 0.1) is 0 Å². The third-order valence-corrected chi connectivity index (χ3v) is 6.59. The molecule has 6 nitrogen and oxygen atoms in total. The first kappa shape index (κ1) is 21.4. The number of benzene rings is 2. The number of imidazole rings is 1. The van der Waals surface area contributed by atoms with Gasteiger partial charge >= 0.3 is 6.18 Å². The molecule has 1 aromatic heterocycles. The molecule has 0 unspecified atom stereocenters. The summed E-state index contributed by atoms with van der Waals surface area (Å²) in [6.45, 7) is 0.270. The van der Waals surface area contributed by atoms with Crippen LogP contribution in [0.5, 0.6) is 0 Å². The minimum absolute atomic E-state index is 0.103. The van der Waals surface area contributed by atoms with E-state index < -0.39 is 21.8 Å². The zero-order chi connectivity index (χ0) is 22.2. The van der Waals surface area contributed by atoms with E-state index in [2.05, 4.69) is 15.0 Å². The fourth-order valence-electron chi connectivity index (χ4n) is 3.23. The third kappa shape index (κ3) is 4.75. The Balaban J connectivity index is 1.62. The quantitative estimate of drug-likeness (QED) is 0.559. The maximum atomic E-state index is 12.8. The Bertz CT molecular complexity index is 1180. The van der Waals surface area contributed by atoms with Gasteiger partial charge in [0.15, 0.2) is 0 Å². The van der Waals surface area contributed by atoms with Gasteiger partial charge < -0.3 is 9.88 Å². The van der Waals surface area contributed by atoms with E-state index in [-0.39, 0.29) is 11.4 Å². The maximum Gasteiger partial charge on any atom is 0.416 e. The molecule has 0 amide bonds. The van der Waals surface area contributed by atoms with Crippen molar-refractivity contribution in [3.05, 3.63) is 66.1 Å². The van der Waals surface area contributed by atoms with E-state index in [1.165, 1.54) is 25.2 Å². The van der Waals surface area contributed by atoms with E-state index in [9.17, 15) is 21.6 Å². The van der Waals surface area contributed by atoms with Gasteiger partial charge in [-0.1, -0.05) is 12.1 Å². The van der Waals surface area contributed by atoms with Crippen LogP contribution in [-0.2, 0) is 22.7 Å². The first-order chi connectivity index (χ1) is 14.7. The number of rotatable bonds is 7. The Kier molecular flexibility index (Phi) is 5.52. The highest BCUT2D eigenvalue weighted by Crippen LogP contribution is 2.37. The molecule has 0 radical (unpaired) electrons. The smallest absolute Gasteiger partial charge is 0.380 e. The zero-order valence-corrected chi connectivity index (χ0v) is 17.5. The molecular formula is C21H21F3N4O2S. The lowest BCUT2D eigenvalue weighted by molar-refractivity contribution is -0.137. The van der Waals surface area contributed by atoms with E-state index in [1.807, 2.05) is 10.8 Å². The summed E-state index contributed by atoms with van der Waals surface area (Å²) in [4.78, 5) is 4.54. The van der Waals surface area contributed by atoms with E-state index in [0.29, 0.717) is 28.6 Å². The molecule has 0 saturated heterocycles. The van der Waals surface area contributed by atoms with Gasteiger partial charge in [0.1, 0.15) is 0 Å². The second-order valence-electron chi connectivity index (χ2n) is 7.40. The largest absolute Gasteiger partial charge is 0.416 e. The lowest BCUT2D eigenvalue weighted by atomic mass is 10.1. The Morgan fingerprint density at radius 1 is 1.13 bits per heavy atom. The normalized spacial score (nSPS) is 14.6. The van der Waals surface area contributed by atoms with Gasteiger partial charge in [0.05, 0.1) is 22.5 Å². The summed E-state index contributed by atoms with van der Waals surface area (Å²) < 4.78 is 67.1. The molecule has 2 aromatic carbocycles. The summed E-state index contributed by atoms with van der Waals surface area (Å²) in [5.41, 5.74) is 1.81.